The molecule has 5 nitrogen and oxygen atoms in total. The largest absolute Gasteiger partial charge is 0.478 e. The monoisotopic (exact) mass is 346 g/mol. The van der Waals surface area contributed by atoms with Gasteiger partial charge in [-0.25, -0.2) is 9.18 Å². The minimum Gasteiger partial charge on any atom is -0.478 e. The Hall–Kier alpha value is -2.08. The van der Waals surface area contributed by atoms with E-state index in [2.05, 4.69) is 6.92 Å². The highest BCUT2D eigenvalue weighted by molar-refractivity contribution is 5.90. The van der Waals surface area contributed by atoms with Crippen molar-refractivity contribution in [3.8, 4) is 0 Å². The fourth-order valence-electron chi connectivity index (χ4n) is 4.32. The first-order chi connectivity index (χ1) is 12.0. The van der Waals surface area contributed by atoms with Crippen molar-refractivity contribution in [3.63, 3.8) is 0 Å². The SMILES string of the molecule is C[C@H]1CCc2c(N3CCC(O)CC3)c(F)cc3c2N1C=C(C(=O)O)C3. The Morgan fingerprint density at radius 1 is 1.24 bits per heavy atom. The molecule has 3 aliphatic rings. The maximum atomic E-state index is 15.0. The number of aliphatic hydroxyl groups excluding tert-OH is 1. The zero-order valence-corrected chi connectivity index (χ0v) is 14.3. The van der Waals surface area contributed by atoms with Crippen LogP contribution in [0.1, 0.15) is 37.3 Å². The minimum absolute atomic E-state index is 0.197. The number of benzene rings is 1. The molecule has 0 saturated carbocycles. The highest BCUT2D eigenvalue weighted by atomic mass is 19.1. The van der Waals surface area contributed by atoms with Crippen molar-refractivity contribution in [2.75, 3.05) is 22.9 Å². The lowest BCUT2D eigenvalue weighted by Crippen LogP contribution is -2.40. The molecule has 0 unspecified atom stereocenters. The second-order valence-electron chi connectivity index (χ2n) is 7.34. The van der Waals surface area contributed by atoms with E-state index in [1.54, 1.807) is 6.20 Å². The van der Waals surface area contributed by atoms with Crippen LogP contribution in [0.5, 0.6) is 0 Å². The van der Waals surface area contributed by atoms with E-state index in [-0.39, 0.29) is 24.4 Å². The number of carboxylic acid groups (broad SMARTS) is 1. The first-order valence-electron chi connectivity index (χ1n) is 8.95. The van der Waals surface area contributed by atoms with Gasteiger partial charge in [-0.3, -0.25) is 0 Å². The Kier molecular flexibility index (Phi) is 3.95. The minimum atomic E-state index is -0.945. The maximum absolute atomic E-state index is 15.0. The Balaban J connectivity index is 1.81. The molecule has 3 heterocycles. The molecule has 0 amide bonds. The number of piperidine rings is 1. The van der Waals surface area contributed by atoms with Crippen molar-refractivity contribution < 1.29 is 19.4 Å². The van der Waals surface area contributed by atoms with Crippen LogP contribution in [0.25, 0.3) is 0 Å². The quantitative estimate of drug-likeness (QED) is 0.861. The van der Waals surface area contributed by atoms with Gasteiger partial charge in [-0.05, 0) is 44.2 Å². The first-order valence-corrected chi connectivity index (χ1v) is 8.95. The van der Waals surface area contributed by atoms with Crippen LogP contribution >= 0.6 is 0 Å². The summed E-state index contributed by atoms with van der Waals surface area (Å²) in [6, 6.07) is 1.71. The van der Waals surface area contributed by atoms with Crippen molar-refractivity contribution in [1.82, 2.24) is 0 Å². The van der Waals surface area contributed by atoms with Crippen LogP contribution in [0.2, 0.25) is 0 Å². The second-order valence-corrected chi connectivity index (χ2v) is 7.34. The molecule has 0 spiro atoms. The molecule has 0 radical (unpaired) electrons. The molecule has 1 atom stereocenters. The van der Waals surface area contributed by atoms with Gasteiger partial charge in [0.1, 0.15) is 5.82 Å². The molecule has 4 rings (SSSR count). The van der Waals surface area contributed by atoms with Gasteiger partial charge in [-0.2, -0.15) is 0 Å². The van der Waals surface area contributed by atoms with Crippen LogP contribution in [-0.4, -0.2) is 41.4 Å². The summed E-state index contributed by atoms with van der Waals surface area (Å²) >= 11 is 0. The van der Waals surface area contributed by atoms with E-state index < -0.39 is 5.97 Å². The zero-order valence-electron chi connectivity index (χ0n) is 14.3. The molecule has 2 N–H and O–H groups in total. The number of aliphatic hydroxyl groups is 1. The smallest absolute Gasteiger partial charge is 0.333 e. The Bertz CT molecular complexity index is 754. The van der Waals surface area contributed by atoms with Crippen LogP contribution < -0.4 is 9.80 Å². The Morgan fingerprint density at radius 3 is 2.64 bits per heavy atom. The summed E-state index contributed by atoms with van der Waals surface area (Å²) in [5.41, 5.74) is 3.70. The van der Waals surface area contributed by atoms with Gasteiger partial charge in [0.15, 0.2) is 0 Å². The van der Waals surface area contributed by atoms with Crippen molar-refractivity contribution in [2.24, 2.45) is 0 Å². The maximum Gasteiger partial charge on any atom is 0.333 e. The van der Waals surface area contributed by atoms with E-state index in [1.165, 1.54) is 6.07 Å². The number of aliphatic carboxylic acids is 1. The van der Waals surface area contributed by atoms with Gasteiger partial charge in [0, 0.05) is 43.0 Å². The van der Waals surface area contributed by atoms with Crippen molar-refractivity contribution in [2.45, 2.75) is 51.2 Å². The summed E-state index contributed by atoms with van der Waals surface area (Å²) in [5, 5.41) is 19.1. The normalized spacial score (nSPS) is 23.3. The van der Waals surface area contributed by atoms with Crippen molar-refractivity contribution in [1.29, 1.82) is 0 Å². The van der Waals surface area contributed by atoms with Crippen molar-refractivity contribution >= 4 is 17.3 Å². The van der Waals surface area contributed by atoms with Crippen LogP contribution in [-0.2, 0) is 17.6 Å². The molecule has 25 heavy (non-hydrogen) atoms. The molecule has 1 fully saturated rings. The molecular weight excluding hydrogens is 323 g/mol. The summed E-state index contributed by atoms with van der Waals surface area (Å²) < 4.78 is 15.0. The first kappa shape index (κ1) is 16.4. The highest BCUT2D eigenvalue weighted by Crippen LogP contribution is 2.45. The average molecular weight is 346 g/mol. The van der Waals surface area contributed by atoms with Crippen LogP contribution in [0, 0.1) is 5.82 Å². The molecule has 6 heteroatoms. The van der Waals surface area contributed by atoms with Gasteiger partial charge in [0.25, 0.3) is 0 Å². The standard InChI is InChI=1S/C19H23FN2O3/c1-11-2-3-15-17-12(8-13(19(24)25)10-22(11)17)9-16(20)18(15)21-6-4-14(23)5-7-21/h9-11,14,23H,2-8H2,1H3,(H,24,25)/t11-/m0/s1. The molecule has 0 aromatic heterocycles. The lowest BCUT2D eigenvalue weighted by atomic mass is 9.86. The summed E-state index contributed by atoms with van der Waals surface area (Å²) in [4.78, 5) is 15.5. The molecular formula is C19H23FN2O3. The third-order valence-corrected chi connectivity index (χ3v) is 5.68. The fraction of sp³-hybridized carbons (Fsp3) is 0.526. The molecule has 1 aromatic carbocycles. The van der Waals surface area contributed by atoms with E-state index in [0.29, 0.717) is 37.2 Å². The van der Waals surface area contributed by atoms with E-state index in [4.69, 9.17) is 0 Å². The summed E-state index contributed by atoms with van der Waals surface area (Å²) in [7, 11) is 0. The number of rotatable bonds is 2. The second kappa shape index (κ2) is 6.02. The molecule has 134 valence electrons. The van der Waals surface area contributed by atoms with Gasteiger partial charge in [-0.15, -0.1) is 0 Å². The highest BCUT2D eigenvalue weighted by Gasteiger charge is 2.34. The summed E-state index contributed by atoms with van der Waals surface area (Å²) in [5.74, 6) is -1.22. The number of hydrogen-bond donors (Lipinski definition) is 2. The van der Waals surface area contributed by atoms with Crippen LogP contribution in [0.3, 0.4) is 0 Å². The molecule has 1 aromatic rings. The van der Waals surface area contributed by atoms with Gasteiger partial charge < -0.3 is 20.0 Å². The number of hydrogen-bond acceptors (Lipinski definition) is 4. The van der Waals surface area contributed by atoms with E-state index in [9.17, 15) is 19.4 Å². The number of anilines is 2. The predicted octanol–water partition coefficient (Wildman–Crippen LogP) is 2.45. The van der Waals surface area contributed by atoms with Gasteiger partial charge in [0.05, 0.1) is 17.4 Å². The molecule has 0 aliphatic carbocycles. The Morgan fingerprint density at radius 2 is 1.96 bits per heavy atom. The lowest BCUT2D eigenvalue weighted by Gasteiger charge is -2.42. The molecule has 3 aliphatic heterocycles. The molecule has 0 bridgehead atoms. The molecule has 1 saturated heterocycles. The van der Waals surface area contributed by atoms with Gasteiger partial charge in [-0.1, -0.05) is 0 Å². The van der Waals surface area contributed by atoms with Gasteiger partial charge >= 0.3 is 5.97 Å². The number of carboxylic acids is 1. The third kappa shape index (κ3) is 2.68. The van der Waals surface area contributed by atoms with Crippen molar-refractivity contribution in [3.05, 3.63) is 34.8 Å². The Labute approximate surface area is 146 Å². The van der Waals surface area contributed by atoms with Crippen LogP contribution in [0.4, 0.5) is 15.8 Å². The van der Waals surface area contributed by atoms with Crippen LogP contribution in [0.15, 0.2) is 17.8 Å². The van der Waals surface area contributed by atoms with E-state index in [1.807, 2.05) is 9.80 Å². The predicted molar refractivity (Wildman–Crippen MR) is 93.5 cm³/mol. The van der Waals surface area contributed by atoms with E-state index >= 15 is 0 Å². The topological polar surface area (TPSA) is 64.0 Å². The van der Waals surface area contributed by atoms with E-state index in [0.717, 1.165) is 29.7 Å². The third-order valence-electron chi connectivity index (χ3n) is 5.68. The number of nitrogens with zero attached hydrogens (tertiary/aromatic N) is 2. The number of halogens is 1. The average Bonchev–Trinajstić information content (AvgIpc) is 2.58. The van der Waals surface area contributed by atoms with Gasteiger partial charge in [0.2, 0.25) is 0 Å². The zero-order chi connectivity index (χ0) is 17.7. The lowest BCUT2D eigenvalue weighted by molar-refractivity contribution is -0.132. The fourth-order valence-corrected chi connectivity index (χ4v) is 4.32. The number of carbonyl (C=O) groups is 1. The summed E-state index contributed by atoms with van der Waals surface area (Å²) in [6.45, 7) is 3.37. The summed E-state index contributed by atoms with van der Waals surface area (Å²) in [6.07, 6.45) is 4.64.